The van der Waals surface area contributed by atoms with Crippen LogP contribution in [0.2, 0.25) is 0 Å². The number of carbonyl (C=O) groups is 2. The highest BCUT2D eigenvalue weighted by Gasteiger charge is 2.11. The zero-order valence-corrected chi connectivity index (χ0v) is 12.8. The SMILES string of the molecule is CC(=O)Nc1nnc(SCC(=O)NC2=NN=CCS2)s1. The van der Waals surface area contributed by atoms with Crippen molar-refractivity contribution in [1.82, 2.24) is 15.5 Å². The number of nitrogens with one attached hydrogen (secondary N) is 2. The number of carbonyl (C=O) groups excluding carboxylic acids is 2. The first-order valence-corrected chi connectivity index (χ1v) is 8.18. The molecule has 2 heterocycles. The molecule has 0 unspecified atom stereocenters. The summed E-state index contributed by atoms with van der Waals surface area (Å²) in [7, 11) is 0. The van der Waals surface area contributed by atoms with Crippen molar-refractivity contribution >= 4 is 63.2 Å². The zero-order valence-electron chi connectivity index (χ0n) is 10.3. The van der Waals surface area contributed by atoms with Gasteiger partial charge in [0.1, 0.15) is 0 Å². The highest BCUT2D eigenvalue weighted by atomic mass is 32.2. The van der Waals surface area contributed by atoms with Gasteiger partial charge in [-0.05, 0) is 0 Å². The lowest BCUT2D eigenvalue weighted by atomic mass is 10.7. The fraction of sp³-hybridized carbons (Fsp3) is 0.333. The van der Waals surface area contributed by atoms with Crippen molar-refractivity contribution in [3.63, 3.8) is 0 Å². The summed E-state index contributed by atoms with van der Waals surface area (Å²) in [5.74, 6) is 0.499. The maximum atomic E-state index is 11.7. The molecule has 1 aliphatic heterocycles. The lowest BCUT2D eigenvalue weighted by Crippen LogP contribution is -2.30. The molecule has 2 amide bonds. The molecule has 11 heteroatoms. The summed E-state index contributed by atoms with van der Waals surface area (Å²) < 4.78 is 0.611. The van der Waals surface area contributed by atoms with Gasteiger partial charge < -0.3 is 10.6 Å². The van der Waals surface area contributed by atoms with Crippen LogP contribution in [-0.4, -0.2) is 44.9 Å². The van der Waals surface area contributed by atoms with E-state index in [4.69, 9.17) is 0 Å². The average molecular weight is 330 g/mol. The minimum absolute atomic E-state index is 0.186. The Hall–Kier alpha value is -1.46. The van der Waals surface area contributed by atoms with Gasteiger partial charge in [-0.25, -0.2) is 0 Å². The maximum absolute atomic E-state index is 11.7. The van der Waals surface area contributed by atoms with E-state index >= 15 is 0 Å². The number of hydrogen-bond acceptors (Lipinski definition) is 9. The summed E-state index contributed by atoms with van der Waals surface area (Å²) in [5, 5.41) is 21.3. The number of hydrogen-bond donors (Lipinski definition) is 2. The number of nitrogens with zero attached hydrogens (tertiary/aromatic N) is 4. The third-order valence-electron chi connectivity index (χ3n) is 1.79. The lowest BCUT2D eigenvalue weighted by Gasteiger charge is -2.06. The van der Waals surface area contributed by atoms with Gasteiger partial charge in [0.25, 0.3) is 0 Å². The summed E-state index contributed by atoms with van der Waals surface area (Å²) in [4.78, 5) is 22.5. The Morgan fingerprint density at radius 3 is 2.95 bits per heavy atom. The molecule has 8 nitrogen and oxygen atoms in total. The third kappa shape index (κ3) is 4.90. The average Bonchev–Trinajstić information content (AvgIpc) is 2.84. The summed E-state index contributed by atoms with van der Waals surface area (Å²) >= 11 is 3.87. The van der Waals surface area contributed by atoms with Crippen LogP contribution in [0.3, 0.4) is 0 Å². The first kappa shape index (κ1) is 14.9. The second-order valence-electron chi connectivity index (χ2n) is 3.41. The van der Waals surface area contributed by atoms with Crippen LogP contribution in [0.15, 0.2) is 14.5 Å². The van der Waals surface area contributed by atoms with Crippen molar-refractivity contribution in [3.8, 4) is 0 Å². The van der Waals surface area contributed by atoms with E-state index in [0.29, 0.717) is 20.4 Å². The molecule has 0 spiro atoms. The number of amidine groups is 1. The molecule has 0 fully saturated rings. The minimum atomic E-state index is -0.205. The van der Waals surface area contributed by atoms with Crippen molar-refractivity contribution in [1.29, 1.82) is 0 Å². The number of amides is 2. The van der Waals surface area contributed by atoms with Crippen molar-refractivity contribution in [3.05, 3.63) is 0 Å². The van der Waals surface area contributed by atoms with Crippen LogP contribution in [0.1, 0.15) is 6.92 Å². The Balaban J connectivity index is 1.78. The summed E-state index contributed by atoms with van der Waals surface area (Å²) in [5.41, 5.74) is 0. The molecule has 106 valence electrons. The van der Waals surface area contributed by atoms with E-state index in [1.165, 1.54) is 41.8 Å². The van der Waals surface area contributed by atoms with Gasteiger partial charge in [-0.2, -0.15) is 5.10 Å². The normalized spacial score (nSPS) is 13.8. The number of thioether (sulfide) groups is 2. The largest absolute Gasteiger partial charge is 0.303 e. The second-order valence-corrected chi connectivity index (χ2v) is 6.61. The Kier molecular flexibility index (Phi) is 5.49. The van der Waals surface area contributed by atoms with E-state index in [-0.39, 0.29) is 17.6 Å². The molecule has 2 N–H and O–H groups in total. The standard InChI is InChI=1S/C9H10N6O2S3/c1-5(16)11-8-14-15-9(20-8)19-4-6(17)12-7-13-10-2-3-18-7/h2H,3-4H2,1H3,(H,11,14,16)(H,12,13,17). The zero-order chi connectivity index (χ0) is 14.4. The van der Waals surface area contributed by atoms with Crippen molar-refractivity contribution < 1.29 is 9.59 Å². The molecule has 2 rings (SSSR count). The molecule has 0 saturated carbocycles. The van der Waals surface area contributed by atoms with Crippen molar-refractivity contribution in [2.75, 3.05) is 16.8 Å². The van der Waals surface area contributed by atoms with Gasteiger partial charge in [0.05, 0.1) is 5.75 Å². The van der Waals surface area contributed by atoms with Gasteiger partial charge in [-0.3, -0.25) is 9.59 Å². The monoisotopic (exact) mass is 330 g/mol. The molecule has 0 saturated heterocycles. The van der Waals surface area contributed by atoms with Gasteiger partial charge in [-0.15, -0.1) is 15.3 Å². The second kappa shape index (κ2) is 7.36. The Morgan fingerprint density at radius 2 is 2.25 bits per heavy atom. The van der Waals surface area contributed by atoms with Gasteiger partial charge in [0.15, 0.2) is 9.51 Å². The van der Waals surface area contributed by atoms with E-state index in [0.717, 1.165) is 0 Å². The van der Waals surface area contributed by atoms with Gasteiger partial charge in [0, 0.05) is 18.9 Å². The summed E-state index contributed by atoms with van der Waals surface area (Å²) in [6.07, 6.45) is 1.67. The molecule has 1 aromatic heterocycles. The Morgan fingerprint density at radius 1 is 1.40 bits per heavy atom. The highest BCUT2D eigenvalue weighted by molar-refractivity contribution is 8.14. The minimum Gasteiger partial charge on any atom is -0.303 e. The fourth-order valence-corrected chi connectivity index (χ4v) is 3.27. The molecular formula is C9H10N6O2S3. The molecule has 0 bridgehead atoms. The van der Waals surface area contributed by atoms with E-state index in [9.17, 15) is 9.59 Å². The summed E-state index contributed by atoms with van der Waals surface area (Å²) in [6, 6.07) is 0. The van der Waals surface area contributed by atoms with Gasteiger partial charge in [-0.1, -0.05) is 34.9 Å². The van der Waals surface area contributed by atoms with Crippen molar-refractivity contribution in [2.45, 2.75) is 11.3 Å². The highest BCUT2D eigenvalue weighted by Crippen LogP contribution is 2.25. The van der Waals surface area contributed by atoms with E-state index in [2.05, 4.69) is 31.0 Å². The smallest absolute Gasteiger partial charge is 0.236 e. The quantitative estimate of drug-likeness (QED) is 0.624. The molecule has 1 aliphatic rings. The topological polar surface area (TPSA) is 109 Å². The molecule has 20 heavy (non-hydrogen) atoms. The van der Waals surface area contributed by atoms with Crippen LogP contribution in [0.4, 0.5) is 5.13 Å². The van der Waals surface area contributed by atoms with Crippen LogP contribution in [0.5, 0.6) is 0 Å². The predicted molar refractivity (Wildman–Crippen MR) is 81.5 cm³/mol. The molecule has 0 atom stereocenters. The molecule has 0 aliphatic carbocycles. The van der Waals surface area contributed by atoms with E-state index < -0.39 is 0 Å². The van der Waals surface area contributed by atoms with Crippen LogP contribution >= 0.6 is 34.9 Å². The molecular weight excluding hydrogens is 320 g/mol. The lowest BCUT2D eigenvalue weighted by molar-refractivity contribution is -0.117. The van der Waals surface area contributed by atoms with Gasteiger partial charge >= 0.3 is 0 Å². The molecule has 0 radical (unpaired) electrons. The number of anilines is 1. The van der Waals surface area contributed by atoms with Crippen LogP contribution in [0, 0.1) is 0 Å². The maximum Gasteiger partial charge on any atom is 0.236 e. The van der Waals surface area contributed by atoms with Crippen LogP contribution in [0.25, 0.3) is 0 Å². The third-order valence-corrected chi connectivity index (χ3v) is 4.53. The van der Waals surface area contributed by atoms with Crippen LogP contribution < -0.4 is 10.6 Å². The Labute approximate surface area is 126 Å². The predicted octanol–water partition coefficient (Wildman–Crippen LogP) is 0.793. The summed E-state index contributed by atoms with van der Waals surface area (Å²) in [6.45, 7) is 1.40. The Bertz CT molecular complexity index is 570. The number of rotatable bonds is 4. The molecule has 0 aromatic carbocycles. The van der Waals surface area contributed by atoms with E-state index in [1.807, 2.05) is 0 Å². The fourth-order valence-electron chi connectivity index (χ4n) is 1.08. The van der Waals surface area contributed by atoms with E-state index in [1.54, 1.807) is 6.21 Å². The first-order valence-electron chi connectivity index (χ1n) is 5.39. The number of aromatic nitrogens is 2. The first-order chi connectivity index (χ1) is 9.63. The van der Waals surface area contributed by atoms with Crippen LogP contribution in [-0.2, 0) is 9.59 Å². The molecule has 1 aromatic rings. The van der Waals surface area contributed by atoms with Crippen molar-refractivity contribution in [2.24, 2.45) is 10.2 Å². The van der Waals surface area contributed by atoms with Gasteiger partial charge in [0.2, 0.25) is 16.9 Å².